The number of pyridine rings is 1. The van der Waals surface area contributed by atoms with Crippen LogP contribution in [0.25, 0.3) is 0 Å². The van der Waals surface area contributed by atoms with E-state index in [1.807, 2.05) is 19.1 Å². The molecule has 1 atom stereocenters. The fourth-order valence-corrected chi connectivity index (χ4v) is 2.69. The summed E-state index contributed by atoms with van der Waals surface area (Å²) in [5.74, 6) is 1.44. The maximum atomic E-state index is 12.5. The van der Waals surface area contributed by atoms with Gasteiger partial charge in [0.25, 0.3) is 0 Å². The zero-order valence-electron chi connectivity index (χ0n) is 12.6. The lowest BCUT2D eigenvalue weighted by atomic mass is 9.97. The number of piperidine rings is 1. The first kappa shape index (κ1) is 14.4. The van der Waals surface area contributed by atoms with Gasteiger partial charge in [0.15, 0.2) is 0 Å². The van der Waals surface area contributed by atoms with Gasteiger partial charge < -0.3 is 10.2 Å². The van der Waals surface area contributed by atoms with Crippen LogP contribution in [0.2, 0.25) is 0 Å². The number of carbonyl (C=O) groups is 1. The molecule has 0 bridgehead atoms. The maximum absolute atomic E-state index is 12.5. The molecule has 114 valence electrons. The zero-order chi connectivity index (χ0) is 15.4. The molecule has 0 spiro atoms. The van der Waals surface area contributed by atoms with Gasteiger partial charge in [0, 0.05) is 31.7 Å². The molecule has 3 heterocycles. The third kappa shape index (κ3) is 3.21. The molecular formula is C16H19N5O. The fraction of sp³-hybridized carbons (Fsp3) is 0.375. The molecule has 0 radical (unpaired) electrons. The van der Waals surface area contributed by atoms with E-state index in [0.29, 0.717) is 12.4 Å². The Morgan fingerprint density at radius 2 is 2.23 bits per heavy atom. The van der Waals surface area contributed by atoms with Crippen molar-refractivity contribution in [1.82, 2.24) is 15.0 Å². The van der Waals surface area contributed by atoms with Crippen molar-refractivity contribution >= 4 is 17.5 Å². The van der Waals surface area contributed by atoms with Gasteiger partial charge in [-0.1, -0.05) is 6.07 Å². The minimum Gasteiger partial charge on any atom is -0.355 e. The Balaban J connectivity index is 1.67. The molecule has 1 aliphatic rings. The Hall–Kier alpha value is -2.50. The van der Waals surface area contributed by atoms with Gasteiger partial charge in [-0.25, -0.2) is 9.97 Å². The summed E-state index contributed by atoms with van der Waals surface area (Å²) < 4.78 is 0. The standard InChI is InChI=1S/C16H19N5O/c1-12-4-2-6-19-15(12)20-16(22)13-5-3-9-21(11-13)14-10-17-7-8-18-14/h2,4,6-8,10,13H,3,5,9,11H2,1H3,(H,19,20,22). The summed E-state index contributed by atoms with van der Waals surface area (Å²) in [7, 11) is 0. The summed E-state index contributed by atoms with van der Waals surface area (Å²) >= 11 is 0. The Labute approximate surface area is 129 Å². The van der Waals surface area contributed by atoms with Crippen LogP contribution in [-0.2, 0) is 4.79 Å². The molecule has 1 aliphatic heterocycles. The first-order valence-corrected chi connectivity index (χ1v) is 7.47. The molecule has 0 aliphatic carbocycles. The first-order valence-electron chi connectivity index (χ1n) is 7.47. The van der Waals surface area contributed by atoms with Crippen LogP contribution in [0.15, 0.2) is 36.9 Å². The number of aromatic nitrogens is 3. The molecule has 3 rings (SSSR count). The highest BCUT2D eigenvalue weighted by molar-refractivity contribution is 5.92. The van der Waals surface area contributed by atoms with Crippen molar-refractivity contribution in [3.63, 3.8) is 0 Å². The second-order valence-corrected chi connectivity index (χ2v) is 5.51. The van der Waals surface area contributed by atoms with E-state index in [1.165, 1.54) is 0 Å². The van der Waals surface area contributed by atoms with Gasteiger partial charge in [0.05, 0.1) is 12.1 Å². The highest BCUT2D eigenvalue weighted by Gasteiger charge is 2.27. The van der Waals surface area contributed by atoms with Gasteiger partial charge in [-0.15, -0.1) is 0 Å². The molecule has 6 nitrogen and oxygen atoms in total. The largest absolute Gasteiger partial charge is 0.355 e. The van der Waals surface area contributed by atoms with Crippen LogP contribution in [0.4, 0.5) is 11.6 Å². The van der Waals surface area contributed by atoms with E-state index >= 15 is 0 Å². The van der Waals surface area contributed by atoms with Crippen molar-refractivity contribution in [3.8, 4) is 0 Å². The number of nitrogens with zero attached hydrogens (tertiary/aromatic N) is 4. The lowest BCUT2D eigenvalue weighted by Crippen LogP contribution is -2.41. The fourth-order valence-electron chi connectivity index (χ4n) is 2.69. The number of rotatable bonds is 3. The van der Waals surface area contributed by atoms with E-state index in [-0.39, 0.29) is 11.8 Å². The third-order valence-corrected chi connectivity index (χ3v) is 3.92. The average Bonchev–Trinajstić information content (AvgIpc) is 2.58. The molecule has 22 heavy (non-hydrogen) atoms. The van der Waals surface area contributed by atoms with Gasteiger partial charge in [-0.05, 0) is 31.4 Å². The van der Waals surface area contributed by atoms with Gasteiger partial charge in [0.1, 0.15) is 11.6 Å². The summed E-state index contributed by atoms with van der Waals surface area (Å²) in [6.07, 6.45) is 8.61. The molecule has 1 fully saturated rings. The molecule has 1 unspecified atom stereocenters. The number of aryl methyl sites for hydroxylation is 1. The number of anilines is 2. The predicted octanol–water partition coefficient (Wildman–Crippen LogP) is 2.04. The lowest BCUT2D eigenvalue weighted by molar-refractivity contribution is -0.120. The first-order chi connectivity index (χ1) is 10.7. The minimum absolute atomic E-state index is 0.0235. The van der Waals surface area contributed by atoms with E-state index < -0.39 is 0 Å². The van der Waals surface area contributed by atoms with Crippen molar-refractivity contribution in [3.05, 3.63) is 42.5 Å². The number of nitrogens with one attached hydrogen (secondary N) is 1. The SMILES string of the molecule is Cc1cccnc1NC(=O)C1CCCN(c2cnccn2)C1. The highest BCUT2D eigenvalue weighted by atomic mass is 16.2. The Bertz CT molecular complexity index is 646. The Kier molecular flexibility index (Phi) is 4.27. The van der Waals surface area contributed by atoms with Gasteiger partial charge >= 0.3 is 0 Å². The van der Waals surface area contributed by atoms with E-state index in [0.717, 1.165) is 30.8 Å². The van der Waals surface area contributed by atoms with Crippen LogP contribution < -0.4 is 10.2 Å². The van der Waals surface area contributed by atoms with E-state index in [1.54, 1.807) is 24.8 Å². The molecule has 6 heteroatoms. The Morgan fingerprint density at radius 3 is 3.00 bits per heavy atom. The lowest BCUT2D eigenvalue weighted by Gasteiger charge is -2.32. The van der Waals surface area contributed by atoms with Crippen LogP contribution in [0, 0.1) is 12.8 Å². The molecule has 2 aromatic heterocycles. The summed E-state index contributed by atoms with van der Waals surface area (Å²) in [6, 6.07) is 3.80. The molecule has 0 saturated carbocycles. The van der Waals surface area contributed by atoms with E-state index in [9.17, 15) is 4.79 Å². The third-order valence-electron chi connectivity index (χ3n) is 3.92. The number of carbonyl (C=O) groups excluding carboxylic acids is 1. The van der Waals surface area contributed by atoms with E-state index in [4.69, 9.17) is 0 Å². The van der Waals surface area contributed by atoms with Crippen LogP contribution in [-0.4, -0.2) is 33.9 Å². The van der Waals surface area contributed by atoms with Gasteiger partial charge in [0.2, 0.25) is 5.91 Å². The average molecular weight is 297 g/mol. The molecule has 1 N–H and O–H groups in total. The van der Waals surface area contributed by atoms with Crippen molar-refractivity contribution in [2.24, 2.45) is 5.92 Å². The smallest absolute Gasteiger partial charge is 0.230 e. The molecule has 1 amide bonds. The Morgan fingerprint density at radius 1 is 1.32 bits per heavy atom. The topological polar surface area (TPSA) is 71.0 Å². The second kappa shape index (κ2) is 6.51. The normalized spacial score (nSPS) is 18.0. The summed E-state index contributed by atoms with van der Waals surface area (Å²) in [5.41, 5.74) is 0.970. The molecule has 1 saturated heterocycles. The van der Waals surface area contributed by atoms with Crippen LogP contribution >= 0.6 is 0 Å². The minimum atomic E-state index is -0.0582. The summed E-state index contributed by atoms with van der Waals surface area (Å²) in [6.45, 7) is 3.51. The number of hydrogen-bond acceptors (Lipinski definition) is 5. The molecular weight excluding hydrogens is 278 g/mol. The number of amides is 1. The highest BCUT2D eigenvalue weighted by Crippen LogP contribution is 2.22. The van der Waals surface area contributed by atoms with Crippen LogP contribution in [0.1, 0.15) is 18.4 Å². The van der Waals surface area contributed by atoms with Crippen LogP contribution in [0.3, 0.4) is 0 Å². The summed E-state index contributed by atoms with van der Waals surface area (Å²) in [5, 5.41) is 2.94. The van der Waals surface area contributed by atoms with Crippen LogP contribution in [0.5, 0.6) is 0 Å². The quantitative estimate of drug-likeness (QED) is 0.938. The maximum Gasteiger partial charge on any atom is 0.230 e. The van der Waals surface area contributed by atoms with Crippen molar-refractivity contribution in [2.75, 3.05) is 23.3 Å². The van der Waals surface area contributed by atoms with Crippen molar-refractivity contribution < 1.29 is 4.79 Å². The second-order valence-electron chi connectivity index (χ2n) is 5.51. The van der Waals surface area contributed by atoms with Gasteiger partial charge in [-0.3, -0.25) is 9.78 Å². The van der Waals surface area contributed by atoms with Crippen molar-refractivity contribution in [2.45, 2.75) is 19.8 Å². The molecule has 2 aromatic rings. The predicted molar refractivity (Wildman–Crippen MR) is 84.6 cm³/mol. The zero-order valence-corrected chi connectivity index (χ0v) is 12.6. The summed E-state index contributed by atoms with van der Waals surface area (Å²) in [4.78, 5) is 27.2. The molecule has 0 aromatic carbocycles. The monoisotopic (exact) mass is 297 g/mol. The van der Waals surface area contributed by atoms with E-state index in [2.05, 4.69) is 25.2 Å². The number of hydrogen-bond donors (Lipinski definition) is 1. The van der Waals surface area contributed by atoms with Crippen molar-refractivity contribution in [1.29, 1.82) is 0 Å². The van der Waals surface area contributed by atoms with Gasteiger partial charge in [-0.2, -0.15) is 0 Å².